The molecule has 0 fully saturated rings. The Balaban J connectivity index is 2.27. The van der Waals surface area contributed by atoms with Gasteiger partial charge < -0.3 is 14.7 Å². The molecule has 90 valence electrons. The van der Waals surface area contributed by atoms with Crippen molar-refractivity contribution in [2.75, 3.05) is 26.2 Å². The summed E-state index contributed by atoms with van der Waals surface area (Å²) in [6, 6.07) is 9.60. The molecule has 0 aliphatic carbocycles. The molecule has 0 unspecified atom stereocenters. The molecular formula is C13H22NO2+. The smallest absolute Gasteiger partial charge is 0.137 e. The van der Waals surface area contributed by atoms with E-state index in [4.69, 9.17) is 4.74 Å². The van der Waals surface area contributed by atoms with Gasteiger partial charge in [-0.1, -0.05) is 18.2 Å². The van der Waals surface area contributed by atoms with Crippen LogP contribution in [-0.2, 0) is 0 Å². The Bertz CT molecular complexity index is 273. The third-order valence-electron chi connectivity index (χ3n) is 2.71. The minimum atomic E-state index is -0.393. The molecule has 0 amide bonds. The highest BCUT2D eigenvalue weighted by atomic mass is 16.5. The van der Waals surface area contributed by atoms with Crippen molar-refractivity contribution < 1.29 is 14.7 Å². The van der Waals surface area contributed by atoms with E-state index >= 15 is 0 Å². The maximum atomic E-state index is 9.80. The van der Waals surface area contributed by atoms with Crippen LogP contribution in [0.3, 0.4) is 0 Å². The first-order valence-electron chi connectivity index (χ1n) is 5.95. The van der Waals surface area contributed by atoms with E-state index in [0.29, 0.717) is 6.61 Å². The standard InChI is InChI=1S/C13H21NO2/c1-3-14(4-2)10-12(15)11-16-13-8-6-5-7-9-13/h5-9,12,15H,3-4,10-11H2,1-2H3/p+1/t12-/m1/s1. The summed E-state index contributed by atoms with van der Waals surface area (Å²) in [6.07, 6.45) is -0.393. The molecule has 1 atom stereocenters. The van der Waals surface area contributed by atoms with Crippen LogP contribution in [0.15, 0.2) is 30.3 Å². The number of hydrogen-bond donors (Lipinski definition) is 2. The number of benzene rings is 1. The Morgan fingerprint density at radius 2 is 1.81 bits per heavy atom. The predicted octanol–water partition coefficient (Wildman–Crippen LogP) is 0.351. The number of likely N-dealkylation sites (N-methyl/N-ethyl adjacent to an activating group) is 1. The summed E-state index contributed by atoms with van der Waals surface area (Å²) in [7, 11) is 0. The quantitative estimate of drug-likeness (QED) is 0.701. The maximum absolute atomic E-state index is 9.80. The van der Waals surface area contributed by atoms with Crippen molar-refractivity contribution in [2.45, 2.75) is 20.0 Å². The van der Waals surface area contributed by atoms with Gasteiger partial charge in [-0.3, -0.25) is 0 Å². The van der Waals surface area contributed by atoms with Crippen LogP contribution >= 0.6 is 0 Å². The average molecular weight is 224 g/mol. The molecular weight excluding hydrogens is 202 g/mol. The highest BCUT2D eigenvalue weighted by Crippen LogP contribution is 2.08. The summed E-state index contributed by atoms with van der Waals surface area (Å²) in [6.45, 7) is 7.46. The van der Waals surface area contributed by atoms with Gasteiger partial charge in [0, 0.05) is 0 Å². The van der Waals surface area contributed by atoms with Gasteiger partial charge in [-0.05, 0) is 26.0 Å². The molecule has 3 heteroatoms. The third-order valence-corrected chi connectivity index (χ3v) is 2.71. The summed E-state index contributed by atoms with van der Waals surface area (Å²) >= 11 is 0. The van der Waals surface area contributed by atoms with E-state index in [0.717, 1.165) is 25.4 Å². The van der Waals surface area contributed by atoms with Crippen LogP contribution < -0.4 is 9.64 Å². The molecule has 0 spiro atoms. The zero-order valence-corrected chi connectivity index (χ0v) is 10.1. The van der Waals surface area contributed by atoms with E-state index < -0.39 is 6.10 Å². The van der Waals surface area contributed by atoms with Gasteiger partial charge in [-0.25, -0.2) is 0 Å². The fourth-order valence-electron chi connectivity index (χ4n) is 1.64. The largest absolute Gasteiger partial charge is 0.491 e. The number of rotatable bonds is 7. The fourth-order valence-corrected chi connectivity index (χ4v) is 1.64. The van der Waals surface area contributed by atoms with Gasteiger partial charge in [0.15, 0.2) is 0 Å². The molecule has 0 saturated heterocycles. The highest BCUT2D eigenvalue weighted by Gasteiger charge is 2.12. The normalized spacial score (nSPS) is 12.8. The molecule has 0 bridgehead atoms. The number of quaternary nitrogens is 1. The molecule has 0 aromatic heterocycles. The monoisotopic (exact) mass is 224 g/mol. The van der Waals surface area contributed by atoms with Crippen molar-refractivity contribution in [1.82, 2.24) is 0 Å². The average Bonchev–Trinajstić information content (AvgIpc) is 2.34. The maximum Gasteiger partial charge on any atom is 0.137 e. The van der Waals surface area contributed by atoms with Crippen LogP contribution in [0.25, 0.3) is 0 Å². The van der Waals surface area contributed by atoms with E-state index in [-0.39, 0.29) is 0 Å². The van der Waals surface area contributed by atoms with Crippen molar-refractivity contribution >= 4 is 0 Å². The van der Waals surface area contributed by atoms with Crippen LogP contribution in [0.4, 0.5) is 0 Å². The van der Waals surface area contributed by atoms with Gasteiger partial charge >= 0.3 is 0 Å². The number of ether oxygens (including phenoxy) is 1. The summed E-state index contributed by atoms with van der Waals surface area (Å²) in [5.74, 6) is 0.816. The van der Waals surface area contributed by atoms with Crippen molar-refractivity contribution in [3.8, 4) is 5.75 Å². The summed E-state index contributed by atoms with van der Waals surface area (Å²) in [4.78, 5) is 1.39. The molecule has 3 nitrogen and oxygen atoms in total. The van der Waals surface area contributed by atoms with Crippen molar-refractivity contribution in [3.05, 3.63) is 30.3 Å². The zero-order valence-electron chi connectivity index (χ0n) is 10.1. The summed E-state index contributed by atoms with van der Waals surface area (Å²) in [5.41, 5.74) is 0. The van der Waals surface area contributed by atoms with E-state index in [1.807, 2.05) is 30.3 Å². The molecule has 0 saturated carbocycles. The first-order chi connectivity index (χ1) is 7.76. The SMILES string of the molecule is CC[NH+](CC)C[C@@H](O)COc1ccccc1. The molecule has 1 rings (SSSR count). The summed E-state index contributed by atoms with van der Waals surface area (Å²) in [5, 5.41) is 9.80. The Morgan fingerprint density at radius 1 is 1.19 bits per heavy atom. The van der Waals surface area contributed by atoms with Crippen molar-refractivity contribution in [1.29, 1.82) is 0 Å². The Kier molecular flexibility index (Phi) is 5.90. The van der Waals surface area contributed by atoms with Gasteiger partial charge in [0.1, 0.15) is 25.0 Å². The molecule has 1 aromatic rings. The lowest BCUT2D eigenvalue weighted by Gasteiger charge is -2.19. The molecule has 0 aliphatic rings. The topological polar surface area (TPSA) is 33.9 Å². The van der Waals surface area contributed by atoms with Gasteiger partial charge in [-0.15, -0.1) is 0 Å². The molecule has 0 aliphatic heterocycles. The highest BCUT2D eigenvalue weighted by molar-refractivity contribution is 5.20. The molecule has 2 N–H and O–H groups in total. The Morgan fingerprint density at radius 3 is 2.38 bits per heavy atom. The zero-order chi connectivity index (χ0) is 11.8. The van der Waals surface area contributed by atoms with Crippen LogP contribution in [0.1, 0.15) is 13.8 Å². The Hall–Kier alpha value is -1.06. The lowest BCUT2D eigenvalue weighted by Crippen LogP contribution is -3.12. The van der Waals surface area contributed by atoms with Crippen LogP contribution in [-0.4, -0.2) is 37.5 Å². The van der Waals surface area contributed by atoms with E-state index in [2.05, 4.69) is 13.8 Å². The summed E-state index contributed by atoms with van der Waals surface area (Å²) < 4.78 is 5.49. The predicted molar refractivity (Wildman–Crippen MR) is 64.9 cm³/mol. The second-order valence-corrected chi connectivity index (χ2v) is 3.94. The number of para-hydroxylation sites is 1. The van der Waals surface area contributed by atoms with E-state index in [9.17, 15) is 5.11 Å². The minimum Gasteiger partial charge on any atom is -0.491 e. The lowest BCUT2D eigenvalue weighted by atomic mass is 10.3. The van der Waals surface area contributed by atoms with Crippen molar-refractivity contribution in [2.24, 2.45) is 0 Å². The second kappa shape index (κ2) is 7.25. The van der Waals surface area contributed by atoms with Crippen LogP contribution in [0.5, 0.6) is 5.75 Å². The second-order valence-electron chi connectivity index (χ2n) is 3.94. The first-order valence-corrected chi connectivity index (χ1v) is 5.95. The lowest BCUT2D eigenvalue weighted by molar-refractivity contribution is -0.899. The third kappa shape index (κ3) is 4.64. The number of aliphatic hydroxyl groups is 1. The van der Waals surface area contributed by atoms with Crippen LogP contribution in [0, 0.1) is 0 Å². The molecule has 1 aromatic carbocycles. The van der Waals surface area contributed by atoms with Gasteiger partial charge in [0.25, 0.3) is 0 Å². The van der Waals surface area contributed by atoms with Gasteiger partial charge in [-0.2, -0.15) is 0 Å². The first kappa shape index (κ1) is 13.0. The molecule has 0 heterocycles. The fraction of sp³-hybridized carbons (Fsp3) is 0.538. The van der Waals surface area contributed by atoms with Crippen LogP contribution in [0.2, 0.25) is 0 Å². The van der Waals surface area contributed by atoms with Gasteiger partial charge in [0.2, 0.25) is 0 Å². The number of nitrogens with one attached hydrogen (secondary N) is 1. The minimum absolute atomic E-state index is 0.369. The van der Waals surface area contributed by atoms with E-state index in [1.54, 1.807) is 0 Å². The number of hydrogen-bond acceptors (Lipinski definition) is 2. The van der Waals surface area contributed by atoms with E-state index in [1.165, 1.54) is 4.90 Å². The van der Waals surface area contributed by atoms with Crippen molar-refractivity contribution in [3.63, 3.8) is 0 Å². The molecule has 0 radical (unpaired) electrons. The number of aliphatic hydroxyl groups excluding tert-OH is 1. The Labute approximate surface area is 97.7 Å². The van der Waals surface area contributed by atoms with Gasteiger partial charge in [0.05, 0.1) is 13.1 Å². The molecule has 16 heavy (non-hydrogen) atoms.